The number of ether oxygens (including phenoxy) is 1. The minimum absolute atomic E-state index is 0.110. The molecule has 36 heavy (non-hydrogen) atoms. The van der Waals surface area contributed by atoms with Crippen molar-refractivity contribution in [2.45, 2.75) is 70.8 Å². The topological polar surface area (TPSA) is 21.3 Å². The maximum absolute atomic E-state index is 5.44. The molecule has 0 aromatic heterocycles. The van der Waals surface area contributed by atoms with Gasteiger partial charge >= 0.3 is 0 Å². The largest absolute Gasteiger partial charge is 0.497 e. The summed E-state index contributed by atoms with van der Waals surface area (Å²) in [5, 5.41) is 3.86. The van der Waals surface area contributed by atoms with E-state index in [4.69, 9.17) is 4.74 Å². The van der Waals surface area contributed by atoms with Gasteiger partial charge in [0.2, 0.25) is 0 Å². The van der Waals surface area contributed by atoms with E-state index in [0.717, 1.165) is 22.3 Å². The first-order valence-electron chi connectivity index (χ1n) is 13.5. The normalized spacial score (nSPS) is 12.6. The molecule has 3 aromatic carbocycles. The van der Waals surface area contributed by atoms with Crippen LogP contribution in [0.1, 0.15) is 81.9 Å². The second kappa shape index (κ2) is 15.6. The van der Waals surface area contributed by atoms with Crippen LogP contribution in [0.4, 0.5) is 5.69 Å². The summed E-state index contributed by atoms with van der Waals surface area (Å²) in [4.78, 5) is 0. The number of benzene rings is 3. The fourth-order valence-electron chi connectivity index (χ4n) is 4.86. The predicted octanol–water partition coefficient (Wildman–Crippen LogP) is 10.5. The van der Waals surface area contributed by atoms with Crippen LogP contribution in [0.3, 0.4) is 0 Å². The van der Waals surface area contributed by atoms with Crippen molar-refractivity contribution in [1.29, 1.82) is 0 Å². The number of halogens is 1. The molecular formula is C33H42BrNO. The van der Waals surface area contributed by atoms with Gasteiger partial charge in [0.05, 0.1) is 13.2 Å². The van der Waals surface area contributed by atoms with Gasteiger partial charge in [0.25, 0.3) is 0 Å². The Morgan fingerprint density at radius 1 is 0.806 bits per heavy atom. The Labute approximate surface area is 227 Å². The van der Waals surface area contributed by atoms with Crippen LogP contribution >= 0.6 is 15.9 Å². The summed E-state index contributed by atoms with van der Waals surface area (Å²) in [7, 11) is 1.72. The van der Waals surface area contributed by atoms with Gasteiger partial charge in [-0.15, -0.1) is 0 Å². The number of unbranched alkanes of at least 4 members (excludes halogenated alkanes) is 7. The van der Waals surface area contributed by atoms with Crippen molar-refractivity contribution in [3.8, 4) is 5.75 Å². The Hall–Kier alpha value is -2.52. The molecule has 0 aliphatic rings. The summed E-state index contributed by atoms with van der Waals surface area (Å²) < 4.78 is 6.53. The number of hydrogen-bond donors (Lipinski definition) is 1. The molecule has 192 valence electrons. The van der Waals surface area contributed by atoms with Crippen LogP contribution in [-0.4, -0.2) is 7.11 Å². The van der Waals surface area contributed by atoms with Crippen LogP contribution < -0.4 is 10.1 Å². The molecule has 3 rings (SSSR count). The van der Waals surface area contributed by atoms with Gasteiger partial charge in [-0.2, -0.15) is 0 Å². The summed E-state index contributed by atoms with van der Waals surface area (Å²) >= 11 is 3.58. The molecular weight excluding hydrogens is 506 g/mol. The highest BCUT2D eigenvalue weighted by molar-refractivity contribution is 9.10. The molecule has 0 radical (unpaired) electrons. The zero-order valence-corrected chi connectivity index (χ0v) is 23.6. The third-order valence-corrected chi connectivity index (χ3v) is 7.53. The molecule has 2 nitrogen and oxygen atoms in total. The van der Waals surface area contributed by atoms with Gasteiger partial charge in [0.15, 0.2) is 0 Å². The lowest BCUT2D eigenvalue weighted by atomic mass is 9.80. The van der Waals surface area contributed by atoms with E-state index in [1.165, 1.54) is 68.1 Å². The SMILES string of the molecule is C=C(c1ccc(Br)cc1)[C@H](CCCCCCCCCC)[C@H](Nc1ccccc1)c1ccc(OC)cc1. The second-order valence-corrected chi connectivity index (χ2v) is 10.6. The number of methoxy groups -OCH3 is 1. The van der Waals surface area contributed by atoms with E-state index in [0.29, 0.717) is 0 Å². The predicted molar refractivity (Wildman–Crippen MR) is 160 cm³/mol. The Morgan fingerprint density at radius 3 is 2.03 bits per heavy atom. The molecule has 3 aromatic rings. The van der Waals surface area contributed by atoms with Crippen molar-refractivity contribution in [3.05, 3.63) is 101 Å². The molecule has 0 aliphatic carbocycles. The molecule has 0 fully saturated rings. The second-order valence-electron chi connectivity index (χ2n) is 9.66. The molecule has 1 N–H and O–H groups in total. The molecule has 0 unspecified atom stereocenters. The third-order valence-electron chi connectivity index (χ3n) is 7.00. The van der Waals surface area contributed by atoms with Gasteiger partial charge in [-0.1, -0.05) is 123 Å². The number of hydrogen-bond acceptors (Lipinski definition) is 2. The Balaban J connectivity index is 1.83. The fraction of sp³-hybridized carbons (Fsp3) is 0.394. The van der Waals surface area contributed by atoms with Gasteiger partial charge in [-0.25, -0.2) is 0 Å². The minimum atomic E-state index is 0.110. The fourth-order valence-corrected chi connectivity index (χ4v) is 5.12. The maximum Gasteiger partial charge on any atom is 0.118 e. The van der Waals surface area contributed by atoms with Crippen LogP contribution in [0.5, 0.6) is 5.75 Å². The third kappa shape index (κ3) is 8.85. The van der Waals surface area contributed by atoms with Gasteiger partial charge in [-0.05, 0) is 59.5 Å². The van der Waals surface area contributed by atoms with Crippen LogP contribution in [0.2, 0.25) is 0 Å². The first-order chi connectivity index (χ1) is 17.6. The van der Waals surface area contributed by atoms with Crippen LogP contribution in [0.25, 0.3) is 5.57 Å². The smallest absolute Gasteiger partial charge is 0.118 e. The Bertz CT molecular complexity index is 1010. The molecule has 3 heteroatoms. The molecule has 0 amide bonds. The molecule has 0 aliphatic heterocycles. The van der Waals surface area contributed by atoms with Crippen LogP contribution in [-0.2, 0) is 0 Å². The van der Waals surface area contributed by atoms with Crippen molar-refractivity contribution >= 4 is 27.2 Å². The van der Waals surface area contributed by atoms with Crippen molar-refractivity contribution in [1.82, 2.24) is 0 Å². The van der Waals surface area contributed by atoms with E-state index in [2.05, 4.69) is 114 Å². The summed E-state index contributed by atoms with van der Waals surface area (Å²) in [6.45, 7) is 6.92. The zero-order chi connectivity index (χ0) is 25.6. The number of anilines is 1. The van der Waals surface area contributed by atoms with Crippen molar-refractivity contribution in [2.24, 2.45) is 5.92 Å². The van der Waals surface area contributed by atoms with E-state index >= 15 is 0 Å². The average molecular weight is 549 g/mol. The first-order valence-corrected chi connectivity index (χ1v) is 14.3. The average Bonchev–Trinajstić information content (AvgIpc) is 2.92. The molecule has 0 heterocycles. The standard InChI is InChI=1S/C33H42BrNO/c1-4-5-6-7-8-9-10-14-17-32(26(2)27-18-22-29(34)23-19-27)33(35-30-15-12-11-13-16-30)28-20-24-31(36-3)25-21-28/h11-13,15-16,18-25,32-33,35H,2,4-10,14,17H2,1,3H3/t32-,33+/m0/s1. The zero-order valence-electron chi connectivity index (χ0n) is 22.0. The molecule has 0 spiro atoms. The van der Waals surface area contributed by atoms with Crippen molar-refractivity contribution in [3.63, 3.8) is 0 Å². The number of nitrogens with one attached hydrogen (secondary N) is 1. The first kappa shape index (κ1) is 28.1. The highest BCUT2D eigenvalue weighted by atomic mass is 79.9. The van der Waals surface area contributed by atoms with Gasteiger partial charge in [-0.3, -0.25) is 0 Å². The molecule has 0 bridgehead atoms. The summed E-state index contributed by atoms with van der Waals surface area (Å²) in [6.07, 6.45) is 11.7. The van der Waals surface area contributed by atoms with Crippen LogP contribution in [0.15, 0.2) is 89.9 Å². The number of rotatable bonds is 16. The maximum atomic E-state index is 5.44. The lowest BCUT2D eigenvalue weighted by molar-refractivity contribution is 0.414. The van der Waals surface area contributed by atoms with E-state index < -0.39 is 0 Å². The quantitative estimate of drug-likeness (QED) is 0.180. The van der Waals surface area contributed by atoms with E-state index in [-0.39, 0.29) is 12.0 Å². The van der Waals surface area contributed by atoms with Gasteiger partial charge in [0.1, 0.15) is 5.75 Å². The van der Waals surface area contributed by atoms with Gasteiger partial charge < -0.3 is 10.1 Å². The highest BCUT2D eigenvalue weighted by Crippen LogP contribution is 2.39. The van der Waals surface area contributed by atoms with Crippen molar-refractivity contribution in [2.75, 3.05) is 12.4 Å². The molecule has 0 saturated carbocycles. The Morgan fingerprint density at radius 2 is 1.42 bits per heavy atom. The summed E-state index contributed by atoms with van der Waals surface area (Å²) in [5.41, 5.74) is 4.77. The Kier molecular flexibility index (Phi) is 12.1. The van der Waals surface area contributed by atoms with Crippen LogP contribution in [0, 0.1) is 5.92 Å². The lowest BCUT2D eigenvalue weighted by Gasteiger charge is -2.32. The summed E-state index contributed by atoms with van der Waals surface area (Å²) in [6, 6.07) is 27.7. The lowest BCUT2D eigenvalue weighted by Crippen LogP contribution is -2.22. The monoisotopic (exact) mass is 547 g/mol. The van der Waals surface area contributed by atoms with Gasteiger partial charge in [0, 0.05) is 16.1 Å². The summed E-state index contributed by atoms with van der Waals surface area (Å²) in [5.74, 6) is 1.14. The molecule has 2 atom stereocenters. The minimum Gasteiger partial charge on any atom is -0.497 e. The van der Waals surface area contributed by atoms with E-state index in [1.807, 2.05) is 0 Å². The van der Waals surface area contributed by atoms with Crippen molar-refractivity contribution < 1.29 is 4.74 Å². The number of para-hydroxylation sites is 1. The highest BCUT2D eigenvalue weighted by Gasteiger charge is 2.26. The van der Waals surface area contributed by atoms with E-state index in [9.17, 15) is 0 Å². The van der Waals surface area contributed by atoms with E-state index in [1.54, 1.807) is 7.11 Å². The molecule has 0 saturated heterocycles.